The molecule has 0 aliphatic heterocycles. The predicted octanol–water partition coefficient (Wildman–Crippen LogP) is 3.30. The molecule has 0 fully saturated rings. The molecule has 1 aromatic carbocycles. The first-order valence-electron chi connectivity index (χ1n) is 5.01. The van der Waals surface area contributed by atoms with Crippen LogP contribution in [0.15, 0.2) is 27.9 Å². The van der Waals surface area contributed by atoms with E-state index in [9.17, 15) is 0 Å². The van der Waals surface area contributed by atoms with Gasteiger partial charge in [-0.2, -0.15) is 15.8 Å². The lowest BCUT2D eigenvalue weighted by atomic mass is 10.1. The van der Waals surface area contributed by atoms with Crippen LogP contribution in [0.1, 0.15) is 11.1 Å². The molecule has 4 nitrogen and oxygen atoms in total. The summed E-state index contributed by atoms with van der Waals surface area (Å²) in [6, 6.07) is 8.86. The van der Waals surface area contributed by atoms with Gasteiger partial charge in [0.25, 0.3) is 0 Å². The fraction of sp³-hybridized carbons (Fsp3) is 0.154. The number of rotatable bonds is 2. The first kappa shape index (κ1) is 13.8. The van der Waals surface area contributed by atoms with Crippen molar-refractivity contribution in [3.8, 4) is 18.2 Å². The quantitative estimate of drug-likeness (QED) is 0.849. The van der Waals surface area contributed by atoms with Gasteiger partial charge in [0.1, 0.15) is 23.9 Å². The SMILES string of the molecule is Cc1cc(NC(C#N)=C(C#N)C#N)cc(C)c1Br. The summed E-state index contributed by atoms with van der Waals surface area (Å²) in [5.74, 6) is 0. The average molecular weight is 301 g/mol. The molecule has 0 aliphatic rings. The largest absolute Gasteiger partial charge is 0.345 e. The maximum absolute atomic E-state index is 8.93. The number of nitrogens with one attached hydrogen (secondary N) is 1. The molecule has 0 spiro atoms. The van der Waals surface area contributed by atoms with Gasteiger partial charge in [0.15, 0.2) is 5.57 Å². The lowest BCUT2D eigenvalue weighted by Crippen LogP contribution is -2.01. The highest BCUT2D eigenvalue weighted by Gasteiger charge is 2.08. The number of nitriles is 3. The van der Waals surface area contributed by atoms with E-state index in [2.05, 4.69) is 21.2 Å². The number of halogens is 1. The molecule has 0 radical (unpaired) electrons. The third kappa shape index (κ3) is 2.88. The minimum atomic E-state index is -0.226. The molecule has 0 aliphatic carbocycles. The third-order valence-electron chi connectivity index (χ3n) is 2.29. The topological polar surface area (TPSA) is 83.4 Å². The Morgan fingerprint density at radius 3 is 1.94 bits per heavy atom. The highest BCUT2D eigenvalue weighted by molar-refractivity contribution is 9.10. The average Bonchev–Trinajstić information content (AvgIpc) is 2.35. The van der Waals surface area contributed by atoms with Crippen LogP contribution in [-0.2, 0) is 0 Å². The van der Waals surface area contributed by atoms with Crippen molar-refractivity contribution in [3.05, 3.63) is 39.0 Å². The Labute approximate surface area is 114 Å². The number of allylic oxidation sites excluding steroid dienone is 2. The van der Waals surface area contributed by atoms with Crippen molar-refractivity contribution in [1.82, 2.24) is 0 Å². The molecule has 0 aromatic heterocycles. The van der Waals surface area contributed by atoms with Crippen molar-refractivity contribution in [2.75, 3.05) is 5.32 Å². The van der Waals surface area contributed by atoms with Gasteiger partial charge in [0.05, 0.1) is 0 Å². The molecule has 1 aromatic rings. The van der Waals surface area contributed by atoms with Gasteiger partial charge >= 0.3 is 0 Å². The fourth-order valence-corrected chi connectivity index (χ4v) is 1.67. The van der Waals surface area contributed by atoms with E-state index in [1.807, 2.05) is 32.0 Å². The lowest BCUT2D eigenvalue weighted by molar-refractivity contribution is 1.31. The number of aryl methyl sites for hydroxylation is 2. The van der Waals surface area contributed by atoms with Gasteiger partial charge in [0, 0.05) is 10.2 Å². The van der Waals surface area contributed by atoms with E-state index < -0.39 is 0 Å². The van der Waals surface area contributed by atoms with Crippen LogP contribution in [0.25, 0.3) is 0 Å². The van der Waals surface area contributed by atoms with Crippen LogP contribution in [-0.4, -0.2) is 0 Å². The van der Waals surface area contributed by atoms with Crippen LogP contribution in [0.3, 0.4) is 0 Å². The van der Waals surface area contributed by atoms with E-state index >= 15 is 0 Å². The first-order valence-corrected chi connectivity index (χ1v) is 5.81. The minimum absolute atomic E-state index is 0.0406. The van der Waals surface area contributed by atoms with Crippen molar-refractivity contribution in [3.63, 3.8) is 0 Å². The smallest absolute Gasteiger partial charge is 0.163 e. The highest BCUT2D eigenvalue weighted by atomic mass is 79.9. The normalized spacial score (nSPS) is 8.67. The van der Waals surface area contributed by atoms with Crippen molar-refractivity contribution in [2.45, 2.75) is 13.8 Å². The number of hydrogen-bond donors (Lipinski definition) is 1. The number of anilines is 1. The van der Waals surface area contributed by atoms with Crippen molar-refractivity contribution >= 4 is 21.6 Å². The molecule has 88 valence electrons. The van der Waals surface area contributed by atoms with Crippen molar-refractivity contribution in [2.24, 2.45) is 0 Å². The molecule has 0 unspecified atom stereocenters. The molecule has 1 N–H and O–H groups in total. The summed E-state index contributed by atoms with van der Waals surface area (Å²) in [4.78, 5) is 0. The summed E-state index contributed by atoms with van der Waals surface area (Å²) in [5, 5.41) is 29.2. The van der Waals surface area contributed by atoms with Crippen LogP contribution in [0.4, 0.5) is 5.69 Å². The Morgan fingerprint density at radius 1 is 1.06 bits per heavy atom. The van der Waals surface area contributed by atoms with Gasteiger partial charge in [0.2, 0.25) is 0 Å². The molecule has 0 saturated heterocycles. The Balaban J connectivity index is 3.22. The number of hydrogen-bond acceptors (Lipinski definition) is 4. The third-order valence-corrected chi connectivity index (χ3v) is 3.54. The molecular weight excluding hydrogens is 292 g/mol. The summed E-state index contributed by atoms with van der Waals surface area (Å²) in [6.45, 7) is 3.85. The second-order valence-corrected chi connectivity index (χ2v) is 4.43. The number of benzene rings is 1. The number of nitrogens with zero attached hydrogens (tertiary/aromatic N) is 3. The van der Waals surface area contributed by atoms with Gasteiger partial charge in [-0.15, -0.1) is 0 Å². The predicted molar refractivity (Wildman–Crippen MR) is 71.1 cm³/mol. The molecule has 0 atom stereocenters. The molecule has 0 heterocycles. The minimum Gasteiger partial charge on any atom is -0.345 e. The second kappa shape index (κ2) is 5.87. The van der Waals surface area contributed by atoms with E-state index in [4.69, 9.17) is 15.8 Å². The van der Waals surface area contributed by atoms with Gasteiger partial charge in [-0.25, -0.2) is 0 Å². The van der Waals surface area contributed by atoms with Crippen LogP contribution in [0.5, 0.6) is 0 Å². The summed E-state index contributed by atoms with van der Waals surface area (Å²) < 4.78 is 0.997. The van der Waals surface area contributed by atoms with E-state index in [1.54, 1.807) is 12.1 Å². The second-order valence-electron chi connectivity index (χ2n) is 3.63. The van der Waals surface area contributed by atoms with Gasteiger partial charge in [-0.05, 0) is 37.1 Å². The maximum atomic E-state index is 8.93. The summed E-state index contributed by atoms with van der Waals surface area (Å²) in [5.41, 5.74) is 2.42. The summed E-state index contributed by atoms with van der Waals surface area (Å²) in [7, 11) is 0. The van der Waals surface area contributed by atoms with Crippen molar-refractivity contribution in [1.29, 1.82) is 15.8 Å². The Kier molecular flexibility index (Phi) is 4.49. The van der Waals surface area contributed by atoms with Gasteiger partial charge < -0.3 is 5.32 Å². The summed E-state index contributed by atoms with van der Waals surface area (Å²) >= 11 is 3.44. The summed E-state index contributed by atoms with van der Waals surface area (Å²) in [6.07, 6.45) is 0. The zero-order valence-corrected chi connectivity index (χ0v) is 11.5. The highest BCUT2D eigenvalue weighted by Crippen LogP contribution is 2.25. The lowest BCUT2D eigenvalue weighted by Gasteiger charge is -2.09. The molecule has 5 heteroatoms. The van der Waals surface area contributed by atoms with Crippen LogP contribution >= 0.6 is 15.9 Å². The first-order chi connectivity index (χ1) is 8.53. The van der Waals surface area contributed by atoms with E-state index in [0.29, 0.717) is 5.69 Å². The fourth-order valence-electron chi connectivity index (χ4n) is 1.45. The van der Waals surface area contributed by atoms with Gasteiger partial charge in [-0.1, -0.05) is 15.9 Å². The molecule has 0 amide bonds. The molecular formula is C13H9BrN4. The van der Waals surface area contributed by atoms with E-state index in [-0.39, 0.29) is 11.3 Å². The van der Waals surface area contributed by atoms with Gasteiger partial charge in [-0.3, -0.25) is 0 Å². The molecule has 18 heavy (non-hydrogen) atoms. The maximum Gasteiger partial charge on any atom is 0.163 e. The van der Waals surface area contributed by atoms with Crippen LogP contribution < -0.4 is 5.32 Å². The van der Waals surface area contributed by atoms with Crippen LogP contribution in [0, 0.1) is 47.8 Å². The van der Waals surface area contributed by atoms with Crippen molar-refractivity contribution < 1.29 is 0 Å². The molecule has 1 rings (SSSR count). The monoisotopic (exact) mass is 300 g/mol. The Hall–Kier alpha value is -2.29. The van der Waals surface area contributed by atoms with E-state index in [1.165, 1.54) is 0 Å². The molecule has 0 saturated carbocycles. The van der Waals surface area contributed by atoms with Crippen LogP contribution in [0.2, 0.25) is 0 Å². The zero-order chi connectivity index (χ0) is 13.7. The van der Waals surface area contributed by atoms with E-state index in [0.717, 1.165) is 15.6 Å². The Bertz CT molecular complexity index is 599. The Morgan fingerprint density at radius 2 is 1.56 bits per heavy atom. The zero-order valence-electron chi connectivity index (χ0n) is 9.87. The standard InChI is InChI=1S/C13H9BrN4/c1-8-3-11(4-9(2)13(8)14)18-12(7-17)10(5-15)6-16/h3-4,18H,1-2H3. The molecule has 0 bridgehead atoms.